The number of anilines is 9. The summed E-state index contributed by atoms with van der Waals surface area (Å²) in [5, 5.41) is 0. The van der Waals surface area contributed by atoms with E-state index in [-0.39, 0.29) is 28.4 Å². The minimum Gasteiger partial charge on any atom is -0.311 e. The lowest BCUT2D eigenvalue weighted by Gasteiger charge is -2.45. The minimum absolute atomic E-state index is 0.00494. The first kappa shape index (κ1) is 43.8. The zero-order valence-electron chi connectivity index (χ0n) is 42.1. The van der Waals surface area contributed by atoms with Crippen LogP contribution in [0.2, 0.25) is 0 Å². The van der Waals surface area contributed by atoms with Crippen molar-refractivity contribution < 1.29 is 0 Å². The van der Waals surface area contributed by atoms with Gasteiger partial charge in [0.1, 0.15) is 0 Å². The highest BCUT2D eigenvalue weighted by Crippen LogP contribution is 2.52. The third kappa shape index (κ3) is 7.01. The maximum atomic E-state index is 2.59. The van der Waals surface area contributed by atoms with E-state index >= 15 is 0 Å². The molecule has 3 aliphatic rings. The molecule has 0 N–H and O–H groups in total. The second-order valence-corrected chi connectivity index (χ2v) is 23.3. The van der Waals surface area contributed by atoms with Crippen molar-refractivity contribution in [2.24, 2.45) is 0 Å². The smallest absolute Gasteiger partial charge is 0.252 e. The van der Waals surface area contributed by atoms with Gasteiger partial charge in [-0.05, 0) is 163 Å². The van der Waals surface area contributed by atoms with Gasteiger partial charge in [0.05, 0.1) is 0 Å². The molecule has 0 aromatic heterocycles. The van der Waals surface area contributed by atoms with Gasteiger partial charge in [-0.1, -0.05) is 167 Å². The fraction of sp³-hybridized carbons (Fsp3) is 0.250. The minimum atomic E-state index is -0.125. The quantitative estimate of drug-likeness (QED) is 0.159. The van der Waals surface area contributed by atoms with Crippen molar-refractivity contribution in [3.63, 3.8) is 0 Å². The van der Waals surface area contributed by atoms with Crippen LogP contribution in [0.1, 0.15) is 110 Å². The van der Waals surface area contributed by atoms with E-state index in [1.54, 1.807) is 0 Å². The molecule has 0 fully saturated rings. The summed E-state index contributed by atoms with van der Waals surface area (Å²) in [5.41, 5.74) is 25.2. The van der Waals surface area contributed by atoms with E-state index in [0.29, 0.717) is 0 Å². The lowest BCUT2D eigenvalue weighted by Crippen LogP contribution is -2.61. The number of nitrogens with zero attached hydrogens (tertiary/aromatic N) is 3. The number of rotatable bonds is 5. The van der Waals surface area contributed by atoms with Gasteiger partial charge in [0.25, 0.3) is 6.71 Å². The van der Waals surface area contributed by atoms with E-state index in [0.717, 1.165) is 22.7 Å². The number of hydrogen-bond acceptors (Lipinski definition) is 3. The predicted molar refractivity (Wildman–Crippen MR) is 294 cm³/mol. The van der Waals surface area contributed by atoms with Gasteiger partial charge >= 0.3 is 0 Å². The highest BCUT2D eigenvalue weighted by atomic mass is 15.2. The molecule has 11 rings (SSSR count). The number of aryl methyl sites for hydroxylation is 1. The largest absolute Gasteiger partial charge is 0.311 e. The zero-order chi connectivity index (χ0) is 47.7. The zero-order valence-corrected chi connectivity index (χ0v) is 42.1. The average Bonchev–Trinajstić information content (AvgIpc) is 3.53. The molecule has 0 amide bonds. The van der Waals surface area contributed by atoms with Gasteiger partial charge in [-0.15, -0.1) is 0 Å². The molecule has 0 atom stereocenters. The fourth-order valence-electron chi connectivity index (χ4n) is 11.4. The Morgan fingerprint density at radius 2 is 0.941 bits per heavy atom. The van der Waals surface area contributed by atoms with Gasteiger partial charge < -0.3 is 14.7 Å². The van der Waals surface area contributed by atoms with Crippen molar-refractivity contribution in [2.45, 2.75) is 105 Å². The summed E-state index contributed by atoms with van der Waals surface area (Å²) in [6, 6.07) is 65.1. The standard InChI is InChI=1S/C64H64BN3/c1-41-36-58-60-59(37-41)68(48-31-33-51-50-20-16-17-21-52(50)64(11,12)53(51)39-48)56-35-26-44(63(8,9)10)38-55(56)65(60)54-34-32-49(40-57(54)67(58)47-29-24-43(25-30-47)62(5,6)7)66(45-18-14-13-15-19-45)46-27-22-42(23-28-46)61(2,3)4/h13-40H,1-12H3. The van der Waals surface area contributed by atoms with Crippen molar-refractivity contribution in [1.82, 2.24) is 0 Å². The molecule has 2 heterocycles. The topological polar surface area (TPSA) is 9.72 Å². The van der Waals surface area contributed by atoms with Crippen LogP contribution in [0.4, 0.5) is 51.2 Å². The lowest BCUT2D eigenvalue weighted by atomic mass is 9.33. The van der Waals surface area contributed by atoms with Gasteiger partial charge in [-0.2, -0.15) is 0 Å². The highest BCUT2D eigenvalue weighted by Gasteiger charge is 2.45. The monoisotopic (exact) mass is 886 g/mol. The number of benzene rings is 8. The highest BCUT2D eigenvalue weighted by molar-refractivity contribution is 7.00. The van der Waals surface area contributed by atoms with Crippen LogP contribution in [0.15, 0.2) is 170 Å². The fourth-order valence-corrected chi connectivity index (χ4v) is 11.4. The van der Waals surface area contributed by atoms with Crippen LogP contribution >= 0.6 is 0 Å². The Morgan fingerprint density at radius 3 is 1.59 bits per heavy atom. The summed E-state index contributed by atoms with van der Waals surface area (Å²) < 4.78 is 0. The molecule has 8 aromatic rings. The molecule has 1 aliphatic carbocycles. The van der Waals surface area contributed by atoms with Crippen molar-refractivity contribution in [2.75, 3.05) is 14.7 Å². The Balaban J connectivity index is 1.18. The number of fused-ring (bicyclic) bond motifs is 7. The Kier molecular flexibility index (Phi) is 9.90. The van der Waals surface area contributed by atoms with Crippen molar-refractivity contribution in [3.05, 3.63) is 203 Å². The van der Waals surface area contributed by atoms with Crippen LogP contribution in [0.5, 0.6) is 0 Å². The van der Waals surface area contributed by atoms with E-state index < -0.39 is 0 Å². The molecule has 68 heavy (non-hydrogen) atoms. The maximum Gasteiger partial charge on any atom is 0.252 e. The van der Waals surface area contributed by atoms with Crippen molar-refractivity contribution >= 4 is 74.3 Å². The van der Waals surface area contributed by atoms with E-state index in [1.807, 2.05) is 0 Å². The molecule has 8 aromatic carbocycles. The van der Waals surface area contributed by atoms with Gasteiger partial charge in [-0.3, -0.25) is 0 Å². The Morgan fingerprint density at radius 1 is 0.412 bits per heavy atom. The Hall–Kier alpha value is -6.78. The molecule has 4 heteroatoms. The third-order valence-corrected chi connectivity index (χ3v) is 15.1. The van der Waals surface area contributed by atoms with E-state index in [9.17, 15) is 0 Å². The van der Waals surface area contributed by atoms with Crippen LogP contribution in [-0.4, -0.2) is 6.71 Å². The summed E-state index contributed by atoms with van der Waals surface area (Å²) >= 11 is 0. The molecule has 0 bridgehead atoms. The molecule has 0 spiro atoms. The first-order valence-corrected chi connectivity index (χ1v) is 24.6. The normalized spacial score (nSPS) is 14.5. The summed E-state index contributed by atoms with van der Waals surface area (Å²) in [6.07, 6.45) is 0. The summed E-state index contributed by atoms with van der Waals surface area (Å²) in [5.74, 6) is 0. The first-order chi connectivity index (χ1) is 32.3. The molecule has 3 nitrogen and oxygen atoms in total. The average molecular weight is 886 g/mol. The second kappa shape index (κ2) is 15.4. The molecule has 2 aliphatic heterocycles. The summed E-state index contributed by atoms with van der Waals surface area (Å²) in [7, 11) is 0. The third-order valence-electron chi connectivity index (χ3n) is 15.1. The molecular formula is C64H64BN3. The molecule has 338 valence electrons. The van der Waals surface area contributed by atoms with Gasteiger partial charge in [0.15, 0.2) is 0 Å². The lowest BCUT2D eigenvalue weighted by molar-refractivity contribution is 0.590. The Labute approximate surface area is 406 Å². The maximum absolute atomic E-state index is 2.59. The van der Waals surface area contributed by atoms with Crippen LogP contribution in [0, 0.1) is 6.92 Å². The number of para-hydroxylation sites is 1. The number of hydrogen-bond donors (Lipinski definition) is 0. The second-order valence-electron chi connectivity index (χ2n) is 23.3. The van der Waals surface area contributed by atoms with E-state index in [1.165, 1.54) is 89.3 Å². The van der Waals surface area contributed by atoms with Crippen molar-refractivity contribution in [3.8, 4) is 11.1 Å². The van der Waals surface area contributed by atoms with Crippen LogP contribution in [0.25, 0.3) is 11.1 Å². The van der Waals surface area contributed by atoms with E-state index in [2.05, 4.69) is 268 Å². The molecule has 0 unspecified atom stereocenters. The summed E-state index contributed by atoms with van der Waals surface area (Å²) in [6.45, 7) is 27.8. The predicted octanol–water partition coefficient (Wildman–Crippen LogP) is 15.7. The van der Waals surface area contributed by atoms with Crippen molar-refractivity contribution in [1.29, 1.82) is 0 Å². The van der Waals surface area contributed by atoms with E-state index in [4.69, 9.17) is 0 Å². The van der Waals surface area contributed by atoms with Crippen LogP contribution in [0.3, 0.4) is 0 Å². The Bertz CT molecular complexity index is 3270. The van der Waals surface area contributed by atoms with Crippen LogP contribution < -0.4 is 31.1 Å². The van der Waals surface area contributed by atoms with Gasteiger partial charge in [-0.25, -0.2) is 0 Å². The SMILES string of the molecule is Cc1cc2c3c(c1)N(c1ccc(C(C)(C)C)cc1)c1cc(N(c4ccccc4)c4ccc(C(C)(C)C)cc4)ccc1B3c1cc(C(C)(C)C)ccc1N2c1ccc2c(c1)C(C)(C)c1ccccc1-2. The van der Waals surface area contributed by atoms with Crippen LogP contribution in [-0.2, 0) is 21.7 Å². The summed E-state index contributed by atoms with van der Waals surface area (Å²) in [4.78, 5) is 7.58. The first-order valence-electron chi connectivity index (χ1n) is 24.6. The van der Waals surface area contributed by atoms with Gasteiger partial charge in [0.2, 0.25) is 0 Å². The molecule has 0 saturated carbocycles. The van der Waals surface area contributed by atoms with Gasteiger partial charge in [0, 0.05) is 56.6 Å². The molecule has 0 saturated heterocycles. The molecule has 0 radical (unpaired) electrons. The molecular weight excluding hydrogens is 822 g/mol.